The highest BCUT2D eigenvalue weighted by molar-refractivity contribution is 7.80. The van der Waals surface area contributed by atoms with Gasteiger partial charge in [0.25, 0.3) is 0 Å². The van der Waals surface area contributed by atoms with Gasteiger partial charge >= 0.3 is 5.97 Å². The van der Waals surface area contributed by atoms with Gasteiger partial charge in [-0.2, -0.15) is 12.6 Å². The lowest BCUT2D eigenvalue weighted by atomic mass is 10.1. The van der Waals surface area contributed by atoms with Gasteiger partial charge in [-0.15, -0.1) is 0 Å². The third-order valence-corrected chi connectivity index (χ3v) is 4.79. The van der Waals surface area contributed by atoms with Gasteiger partial charge in [-0.25, -0.2) is 0 Å². The summed E-state index contributed by atoms with van der Waals surface area (Å²) >= 11 is 3.93. The van der Waals surface area contributed by atoms with Crippen molar-refractivity contribution in [2.24, 2.45) is 11.5 Å². The molecule has 4 amide bonds. The van der Waals surface area contributed by atoms with Crippen molar-refractivity contribution < 1.29 is 29.1 Å². The molecular formula is C16H27N5O6S. The topological polar surface area (TPSA) is 185 Å². The molecule has 1 fully saturated rings. The zero-order valence-electron chi connectivity index (χ0n) is 15.6. The normalized spacial score (nSPS) is 19.4. The van der Waals surface area contributed by atoms with E-state index < -0.39 is 53.8 Å². The Kier molecular flexibility index (Phi) is 9.19. The lowest BCUT2D eigenvalue weighted by Gasteiger charge is -2.29. The fourth-order valence-electron chi connectivity index (χ4n) is 2.78. The summed E-state index contributed by atoms with van der Waals surface area (Å²) in [5, 5.41) is 13.7. The Morgan fingerprint density at radius 3 is 2.43 bits per heavy atom. The molecule has 11 nitrogen and oxygen atoms in total. The first-order valence-corrected chi connectivity index (χ1v) is 9.50. The molecule has 1 saturated heterocycles. The minimum Gasteiger partial charge on any atom is -0.480 e. The van der Waals surface area contributed by atoms with Gasteiger partial charge in [-0.3, -0.25) is 24.0 Å². The van der Waals surface area contributed by atoms with E-state index in [4.69, 9.17) is 16.6 Å². The van der Waals surface area contributed by atoms with Crippen molar-refractivity contribution in [3.63, 3.8) is 0 Å². The molecule has 4 atom stereocenters. The molecule has 1 aliphatic heterocycles. The lowest BCUT2D eigenvalue weighted by molar-refractivity contribution is -0.144. The number of carboxylic acids is 1. The summed E-state index contributed by atoms with van der Waals surface area (Å²) in [4.78, 5) is 60.7. The van der Waals surface area contributed by atoms with E-state index in [0.29, 0.717) is 12.8 Å². The predicted octanol–water partition coefficient (Wildman–Crippen LogP) is -2.43. The molecule has 28 heavy (non-hydrogen) atoms. The Morgan fingerprint density at radius 2 is 1.89 bits per heavy atom. The van der Waals surface area contributed by atoms with E-state index in [0.717, 1.165) is 0 Å². The zero-order valence-corrected chi connectivity index (χ0v) is 16.5. The van der Waals surface area contributed by atoms with Crippen LogP contribution in [0.25, 0.3) is 0 Å². The summed E-state index contributed by atoms with van der Waals surface area (Å²) in [6, 6.07) is -4.00. The number of thiol groups is 1. The molecule has 0 radical (unpaired) electrons. The quantitative estimate of drug-likeness (QED) is 0.213. The molecule has 0 spiro atoms. The Hall–Kier alpha value is -2.34. The van der Waals surface area contributed by atoms with Crippen molar-refractivity contribution in [2.45, 2.75) is 56.8 Å². The number of likely N-dealkylation sites (tertiary alicyclic amines) is 1. The van der Waals surface area contributed by atoms with Crippen LogP contribution >= 0.6 is 12.6 Å². The first-order chi connectivity index (χ1) is 13.1. The van der Waals surface area contributed by atoms with Gasteiger partial charge in [0.15, 0.2) is 0 Å². The molecule has 0 aromatic heterocycles. The Balaban J connectivity index is 2.91. The second kappa shape index (κ2) is 10.9. The summed E-state index contributed by atoms with van der Waals surface area (Å²) in [5.41, 5.74) is 10.7. The molecular weight excluding hydrogens is 390 g/mol. The van der Waals surface area contributed by atoms with Gasteiger partial charge in [0.1, 0.15) is 18.1 Å². The number of primary amides is 1. The number of carbonyl (C=O) groups is 5. The van der Waals surface area contributed by atoms with Crippen molar-refractivity contribution in [3.8, 4) is 0 Å². The minimum absolute atomic E-state index is 0.0461. The van der Waals surface area contributed by atoms with Crippen molar-refractivity contribution in [3.05, 3.63) is 0 Å². The number of nitrogens with zero attached hydrogens (tertiary/aromatic N) is 1. The van der Waals surface area contributed by atoms with Crippen LogP contribution < -0.4 is 22.1 Å². The van der Waals surface area contributed by atoms with Crippen molar-refractivity contribution >= 4 is 42.2 Å². The van der Waals surface area contributed by atoms with Crippen LogP contribution in [-0.2, 0) is 24.0 Å². The highest BCUT2D eigenvalue weighted by Crippen LogP contribution is 2.20. The van der Waals surface area contributed by atoms with Crippen LogP contribution in [0.4, 0.5) is 0 Å². The van der Waals surface area contributed by atoms with Gasteiger partial charge in [-0.05, 0) is 26.2 Å². The molecule has 1 heterocycles. The summed E-state index contributed by atoms with van der Waals surface area (Å²) in [7, 11) is 0. The van der Waals surface area contributed by atoms with Crippen LogP contribution in [0.3, 0.4) is 0 Å². The Morgan fingerprint density at radius 1 is 1.25 bits per heavy atom. The third kappa shape index (κ3) is 6.68. The van der Waals surface area contributed by atoms with E-state index in [-0.39, 0.29) is 25.1 Å². The second-order valence-electron chi connectivity index (χ2n) is 6.61. The maximum atomic E-state index is 12.9. The molecule has 1 rings (SSSR count). The number of nitrogens with two attached hydrogens (primary N) is 2. The molecule has 158 valence electrons. The van der Waals surface area contributed by atoms with Crippen LogP contribution in [0.5, 0.6) is 0 Å². The monoisotopic (exact) mass is 417 g/mol. The predicted molar refractivity (Wildman–Crippen MR) is 102 cm³/mol. The number of nitrogens with one attached hydrogen (secondary N) is 2. The summed E-state index contributed by atoms with van der Waals surface area (Å²) in [6.45, 7) is 1.58. The second-order valence-corrected chi connectivity index (χ2v) is 6.98. The fraction of sp³-hybridized carbons (Fsp3) is 0.688. The number of aliphatic carboxylic acids is 1. The molecule has 1 aliphatic rings. The first kappa shape index (κ1) is 23.7. The van der Waals surface area contributed by atoms with Crippen LogP contribution in [-0.4, -0.2) is 76.1 Å². The van der Waals surface area contributed by atoms with E-state index in [1.807, 2.05) is 0 Å². The average Bonchev–Trinajstić information content (AvgIpc) is 3.13. The highest BCUT2D eigenvalue weighted by atomic mass is 32.1. The van der Waals surface area contributed by atoms with E-state index in [9.17, 15) is 24.0 Å². The number of rotatable bonds is 10. The van der Waals surface area contributed by atoms with E-state index in [1.165, 1.54) is 11.8 Å². The molecule has 0 bridgehead atoms. The minimum atomic E-state index is -1.20. The van der Waals surface area contributed by atoms with Crippen LogP contribution in [0, 0.1) is 0 Å². The first-order valence-electron chi connectivity index (χ1n) is 8.87. The number of carbonyl (C=O) groups excluding carboxylic acids is 4. The molecule has 0 saturated carbocycles. The van der Waals surface area contributed by atoms with E-state index >= 15 is 0 Å². The van der Waals surface area contributed by atoms with Crippen LogP contribution in [0.1, 0.15) is 32.6 Å². The standard InChI is InChI=1S/C16H27N5O6S/c1-8(16(26)27)19-14(24)11-3-2-6-21(11)15(25)10(4-5-12(18)22)20-13(23)9(17)7-28/h8-11,28H,2-7,17H2,1H3,(H2,18,22)(H,19,24)(H,20,23)(H,26,27). The van der Waals surface area contributed by atoms with Crippen LogP contribution in [0.15, 0.2) is 0 Å². The van der Waals surface area contributed by atoms with Crippen molar-refractivity contribution in [1.29, 1.82) is 0 Å². The SMILES string of the molecule is CC(NC(=O)C1CCCN1C(=O)C(CCC(N)=O)NC(=O)C(N)CS)C(=O)O. The summed E-state index contributed by atoms with van der Waals surface area (Å²) in [5.74, 6) is -3.54. The average molecular weight is 417 g/mol. The van der Waals surface area contributed by atoms with Gasteiger partial charge in [0.05, 0.1) is 6.04 Å². The van der Waals surface area contributed by atoms with Gasteiger partial charge < -0.3 is 32.1 Å². The smallest absolute Gasteiger partial charge is 0.325 e. The van der Waals surface area contributed by atoms with Crippen molar-refractivity contribution in [2.75, 3.05) is 12.3 Å². The number of carboxylic acid groups (broad SMARTS) is 1. The Labute approximate surface area is 168 Å². The van der Waals surface area contributed by atoms with Gasteiger partial charge in [0.2, 0.25) is 23.6 Å². The fourth-order valence-corrected chi connectivity index (χ4v) is 2.95. The van der Waals surface area contributed by atoms with E-state index in [1.54, 1.807) is 0 Å². The zero-order chi connectivity index (χ0) is 21.4. The lowest BCUT2D eigenvalue weighted by Crippen LogP contribution is -2.56. The summed E-state index contributed by atoms with van der Waals surface area (Å²) < 4.78 is 0. The maximum Gasteiger partial charge on any atom is 0.325 e. The molecule has 0 aromatic rings. The maximum absolute atomic E-state index is 12.9. The third-order valence-electron chi connectivity index (χ3n) is 4.40. The van der Waals surface area contributed by atoms with Crippen LogP contribution in [0.2, 0.25) is 0 Å². The van der Waals surface area contributed by atoms with Gasteiger partial charge in [0, 0.05) is 18.7 Å². The highest BCUT2D eigenvalue weighted by Gasteiger charge is 2.38. The molecule has 7 N–H and O–H groups in total. The number of hydrogen-bond donors (Lipinski definition) is 6. The summed E-state index contributed by atoms with van der Waals surface area (Å²) in [6.07, 6.45) is 0.706. The van der Waals surface area contributed by atoms with E-state index in [2.05, 4.69) is 23.3 Å². The molecule has 0 aromatic carbocycles. The Bertz CT molecular complexity index is 631. The molecule has 12 heteroatoms. The number of amides is 4. The largest absolute Gasteiger partial charge is 0.480 e. The molecule has 4 unspecified atom stereocenters. The molecule has 0 aliphatic carbocycles. The van der Waals surface area contributed by atoms with Gasteiger partial charge in [-0.1, -0.05) is 0 Å². The number of hydrogen-bond acceptors (Lipinski definition) is 7. The van der Waals surface area contributed by atoms with Crippen molar-refractivity contribution in [1.82, 2.24) is 15.5 Å².